The number of aromatic nitrogens is 1. The molecule has 124 valence electrons. The minimum absolute atomic E-state index is 0.294. The molecule has 0 atom stereocenters. The van der Waals surface area contributed by atoms with E-state index in [1.807, 2.05) is 45.0 Å². The number of benzene rings is 2. The number of nitrogens with zero attached hydrogens (tertiary/aromatic N) is 1. The van der Waals surface area contributed by atoms with Gasteiger partial charge in [-0.15, -0.1) is 0 Å². The third-order valence-corrected chi connectivity index (χ3v) is 3.39. The van der Waals surface area contributed by atoms with Gasteiger partial charge in [-0.2, -0.15) is 0 Å². The highest BCUT2D eigenvalue weighted by atomic mass is 19.1. The second kappa shape index (κ2) is 6.00. The summed E-state index contributed by atoms with van der Waals surface area (Å²) in [7, 11) is 0. The molecular formula is C19H19FN2O2. The van der Waals surface area contributed by atoms with Gasteiger partial charge >= 0.3 is 6.09 Å². The van der Waals surface area contributed by atoms with Crippen molar-refractivity contribution in [3.63, 3.8) is 0 Å². The molecule has 0 saturated carbocycles. The lowest BCUT2D eigenvalue weighted by Gasteiger charge is -2.19. The van der Waals surface area contributed by atoms with Crippen LogP contribution in [0.4, 0.5) is 20.6 Å². The Morgan fingerprint density at radius 3 is 2.54 bits per heavy atom. The first-order valence-corrected chi connectivity index (χ1v) is 7.69. The van der Waals surface area contributed by atoms with E-state index in [0.717, 1.165) is 16.6 Å². The van der Waals surface area contributed by atoms with Gasteiger partial charge in [-0.05, 0) is 63.2 Å². The summed E-state index contributed by atoms with van der Waals surface area (Å²) in [6.45, 7) is 5.49. The summed E-state index contributed by atoms with van der Waals surface area (Å²) in [6.07, 6.45) is 1.27. The monoisotopic (exact) mass is 326 g/mol. The van der Waals surface area contributed by atoms with Crippen LogP contribution in [0.2, 0.25) is 0 Å². The number of halogens is 1. The third kappa shape index (κ3) is 3.56. The fraction of sp³-hybridized carbons (Fsp3) is 0.211. The smallest absolute Gasteiger partial charge is 0.418 e. The first kappa shape index (κ1) is 16.1. The second-order valence-corrected chi connectivity index (χ2v) is 6.58. The Balaban J connectivity index is 1.87. The molecule has 2 aromatic carbocycles. The summed E-state index contributed by atoms with van der Waals surface area (Å²) in [5.74, 6) is -0.294. The predicted octanol–water partition coefficient (Wildman–Crippen LogP) is 5.31. The first-order chi connectivity index (χ1) is 11.3. The standard InChI is InChI=1S/C19H19FN2O2/c1-19(2,3)24-18(23)22-10-9-13-11-16(7-8-17(13)22)21-15-6-4-5-14(20)12-15/h4-12,21H,1-3H3. The van der Waals surface area contributed by atoms with Gasteiger partial charge in [0.2, 0.25) is 0 Å². The molecular weight excluding hydrogens is 307 g/mol. The van der Waals surface area contributed by atoms with Crippen molar-refractivity contribution >= 4 is 28.4 Å². The highest BCUT2D eigenvalue weighted by Gasteiger charge is 2.18. The largest absolute Gasteiger partial charge is 0.443 e. The van der Waals surface area contributed by atoms with Gasteiger partial charge < -0.3 is 10.1 Å². The Labute approximate surface area is 139 Å². The first-order valence-electron chi connectivity index (χ1n) is 7.69. The minimum Gasteiger partial charge on any atom is -0.443 e. The zero-order chi connectivity index (χ0) is 17.3. The van der Waals surface area contributed by atoms with Crippen LogP contribution in [0.25, 0.3) is 10.9 Å². The van der Waals surface area contributed by atoms with Crippen molar-refractivity contribution in [3.8, 4) is 0 Å². The summed E-state index contributed by atoms with van der Waals surface area (Å²) in [4.78, 5) is 12.2. The number of carbonyl (C=O) groups excluding carboxylic acids is 1. The van der Waals surface area contributed by atoms with Crippen molar-refractivity contribution in [1.82, 2.24) is 4.57 Å². The van der Waals surface area contributed by atoms with Crippen molar-refractivity contribution in [2.45, 2.75) is 26.4 Å². The van der Waals surface area contributed by atoms with Crippen LogP contribution in [0.15, 0.2) is 54.7 Å². The molecule has 0 aliphatic heterocycles. The maximum absolute atomic E-state index is 13.3. The molecule has 0 saturated heterocycles. The minimum atomic E-state index is -0.549. The van der Waals surface area contributed by atoms with E-state index >= 15 is 0 Å². The number of carbonyl (C=O) groups is 1. The Morgan fingerprint density at radius 2 is 1.83 bits per heavy atom. The van der Waals surface area contributed by atoms with Crippen LogP contribution < -0.4 is 5.32 Å². The molecule has 1 heterocycles. The number of hydrogen-bond acceptors (Lipinski definition) is 3. The van der Waals surface area contributed by atoms with E-state index in [1.54, 1.807) is 18.3 Å². The molecule has 1 N–H and O–H groups in total. The fourth-order valence-electron chi connectivity index (χ4n) is 2.42. The topological polar surface area (TPSA) is 43.3 Å². The van der Waals surface area contributed by atoms with Crippen molar-refractivity contribution in [3.05, 3.63) is 60.5 Å². The van der Waals surface area contributed by atoms with Crippen LogP contribution in [-0.2, 0) is 4.74 Å². The zero-order valence-electron chi connectivity index (χ0n) is 13.8. The lowest BCUT2D eigenvalue weighted by Crippen LogP contribution is -2.26. The Morgan fingerprint density at radius 1 is 1.08 bits per heavy atom. The van der Waals surface area contributed by atoms with E-state index in [2.05, 4.69) is 5.32 Å². The van der Waals surface area contributed by atoms with Gasteiger partial charge in [0.05, 0.1) is 5.52 Å². The zero-order valence-corrected chi connectivity index (χ0v) is 13.8. The molecule has 0 unspecified atom stereocenters. The molecule has 0 spiro atoms. The number of rotatable bonds is 2. The van der Waals surface area contributed by atoms with Crippen LogP contribution in [0.5, 0.6) is 0 Å². The van der Waals surface area contributed by atoms with Crippen LogP contribution >= 0.6 is 0 Å². The summed E-state index contributed by atoms with van der Waals surface area (Å²) in [5, 5.41) is 4.04. The molecule has 3 rings (SSSR count). The van der Waals surface area contributed by atoms with Gasteiger partial charge in [0.25, 0.3) is 0 Å². The molecule has 3 aromatic rings. The average Bonchev–Trinajstić information content (AvgIpc) is 2.88. The maximum atomic E-state index is 13.3. The molecule has 0 radical (unpaired) electrons. The molecule has 1 aromatic heterocycles. The quantitative estimate of drug-likeness (QED) is 0.694. The highest BCUT2D eigenvalue weighted by molar-refractivity contribution is 5.91. The lowest BCUT2D eigenvalue weighted by molar-refractivity contribution is 0.0544. The Bertz CT molecular complexity index is 894. The summed E-state index contributed by atoms with van der Waals surface area (Å²) in [5.41, 5.74) is 1.69. The molecule has 0 bridgehead atoms. The van der Waals surface area contributed by atoms with E-state index < -0.39 is 11.7 Å². The fourth-order valence-corrected chi connectivity index (χ4v) is 2.42. The van der Waals surface area contributed by atoms with Gasteiger partial charge in [-0.1, -0.05) is 6.07 Å². The molecule has 24 heavy (non-hydrogen) atoms. The number of ether oxygens (including phenoxy) is 1. The number of hydrogen-bond donors (Lipinski definition) is 1. The third-order valence-electron chi connectivity index (χ3n) is 3.39. The highest BCUT2D eigenvalue weighted by Crippen LogP contribution is 2.24. The van der Waals surface area contributed by atoms with Gasteiger partial charge in [-0.25, -0.2) is 9.18 Å². The predicted molar refractivity (Wildman–Crippen MR) is 93.3 cm³/mol. The lowest BCUT2D eigenvalue weighted by atomic mass is 10.2. The van der Waals surface area contributed by atoms with E-state index in [-0.39, 0.29) is 5.82 Å². The van der Waals surface area contributed by atoms with Gasteiger partial charge in [0.1, 0.15) is 11.4 Å². The maximum Gasteiger partial charge on any atom is 0.418 e. The summed E-state index contributed by atoms with van der Waals surface area (Å²) < 4.78 is 20.1. The normalized spacial score (nSPS) is 11.5. The second-order valence-electron chi connectivity index (χ2n) is 6.58. The average molecular weight is 326 g/mol. The summed E-state index contributed by atoms with van der Waals surface area (Å²) >= 11 is 0. The Hall–Kier alpha value is -2.82. The summed E-state index contributed by atoms with van der Waals surface area (Å²) in [6, 6.07) is 13.7. The molecule has 0 fully saturated rings. The van der Waals surface area contributed by atoms with Crippen LogP contribution in [0, 0.1) is 5.82 Å². The van der Waals surface area contributed by atoms with Crippen LogP contribution in [0.3, 0.4) is 0 Å². The van der Waals surface area contributed by atoms with Crippen molar-refractivity contribution in [2.75, 3.05) is 5.32 Å². The number of fused-ring (bicyclic) bond motifs is 1. The van der Waals surface area contributed by atoms with E-state index in [4.69, 9.17) is 4.74 Å². The van der Waals surface area contributed by atoms with Crippen LogP contribution in [-0.4, -0.2) is 16.3 Å². The number of anilines is 2. The number of nitrogens with one attached hydrogen (secondary N) is 1. The van der Waals surface area contributed by atoms with Crippen molar-refractivity contribution in [2.24, 2.45) is 0 Å². The van der Waals surface area contributed by atoms with Gasteiger partial charge in [-0.3, -0.25) is 4.57 Å². The van der Waals surface area contributed by atoms with E-state index in [0.29, 0.717) is 5.69 Å². The molecule has 0 amide bonds. The van der Waals surface area contributed by atoms with Crippen molar-refractivity contribution in [1.29, 1.82) is 0 Å². The molecule has 0 aliphatic carbocycles. The Kier molecular flexibility index (Phi) is 4.01. The van der Waals surface area contributed by atoms with Crippen LogP contribution in [0.1, 0.15) is 20.8 Å². The van der Waals surface area contributed by atoms with Crippen molar-refractivity contribution < 1.29 is 13.9 Å². The van der Waals surface area contributed by atoms with E-state index in [1.165, 1.54) is 16.7 Å². The molecule has 5 heteroatoms. The van der Waals surface area contributed by atoms with Gasteiger partial charge in [0, 0.05) is 23.0 Å². The van der Waals surface area contributed by atoms with Gasteiger partial charge in [0.15, 0.2) is 0 Å². The molecule has 4 nitrogen and oxygen atoms in total. The SMILES string of the molecule is CC(C)(C)OC(=O)n1ccc2cc(Nc3cccc(F)c3)ccc21. The van der Waals surface area contributed by atoms with E-state index in [9.17, 15) is 9.18 Å². The molecule has 0 aliphatic rings.